The molecule has 1 heterocycles. The molecule has 2 aromatic carbocycles. The molecule has 0 radical (unpaired) electrons. The maximum absolute atomic E-state index is 12.4. The van der Waals surface area contributed by atoms with Crippen molar-refractivity contribution in [1.29, 1.82) is 0 Å². The van der Waals surface area contributed by atoms with Crippen LogP contribution in [0.15, 0.2) is 47.3 Å². The summed E-state index contributed by atoms with van der Waals surface area (Å²) in [5.41, 5.74) is 6.63. The minimum absolute atomic E-state index is 0.00957. The number of carboxylic acid groups (broad SMARTS) is 2. The van der Waals surface area contributed by atoms with Gasteiger partial charge in [-0.05, 0) is 42.3 Å². The molecule has 34 heavy (non-hydrogen) atoms. The molecule has 0 aliphatic heterocycles. The first-order valence-corrected chi connectivity index (χ1v) is 10.0. The zero-order valence-electron chi connectivity index (χ0n) is 17.6. The number of benzene rings is 2. The number of carboxylic acids is 2. The summed E-state index contributed by atoms with van der Waals surface area (Å²) in [6, 6.07) is 8.45. The van der Waals surface area contributed by atoms with E-state index in [2.05, 4.69) is 20.6 Å². The maximum atomic E-state index is 12.4. The standard InChI is InChI=1S/C22H21N5O7/c23-22-26-15-6-5-13(9-14(15)20(32)27-22)24-17(10-28)11-1-3-12(4-2-11)19(31)25-16(21(33)34)7-8-18(29)30/h1-6,9-10,16-17,24H,7-8H2,(H,25,31)(H,29,30)(H,33,34)(H3,23,26,27,32). The monoisotopic (exact) mass is 467 g/mol. The molecule has 0 aliphatic rings. The third-order valence-corrected chi connectivity index (χ3v) is 4.96. The molecular weight excluding hydrogens is 446 g/mol. The number of nitrogens with zero attached hydrogens (tertiary/aromatic N) is 1. The highest BCUT2D eigenvalue weighted by Gasteiger charge is 2.22. The fourth-order valence-corrected chi connectivity index (χ4v) is 3.23. The Morgan fingerprint density at radius 1 is 1.12 bits per heavy atom. The highest BCUT2D eigenvalue weighted by molar-refractivity contribution is 5.96. The van der Waals surface area contributed by atoms with Crippen LogP contribution >= 0.6 is 0 Å². The van der Waals surface area contributed by atoms with Gasteiger partial charge in [0.2, 0.25) is 5.95 Å². The summed E-state index contributed by atoms with van der Waals surface area (Å²) < 4.78 is 0. The molecule has 12 nitrogen and oxygen atoms in total. The quantitative estimate of drug-likeness (QED) is 0.232. The summed E-state index contributed by atoms with van der Waals surface area (Å²) in [4.78, 5) is 64.5. The summed E-state index contributed by atoms with van der Waals surface area (Å²) in [6.07, 6.45) is -0.0214. The third kappa shape index (κ3) is 5.73. The van der Waals surface area contributed by atoms with Gasteiger partial charge in [0.25, 0.3) is 11.5 Å². The lowest BCUT2D eigenvalue weighted by molar-refractivity contribution is -0.140. The Morgan fingerprint density at radius 3 is 2.44 bits per heavy atom. The second-order valence-electron chi connectivity index (χ2n) is 7.36. The zero-order chi connectivity index (χ0) is 24.8. The Hall–Kier alpha value is -4.74. The number of hydrogen-bond donors (Lipinski definition) is 6. The van der Waals surface area contributed by atoms with E-state index in [0.29, 0.717) is 23.1 Å². The van der Waals surface area contributed by atoms with E-state index in [0.717, 1.165) is 0 Å². The van der Waals surface area contributed by atoms with Crippen LogP contribution < -0.4 is 21.9 Å². The van der Waals surface area contributed by atoms with E-state index in [4.69, 9.17) is 10.8 Å². The Balaban J connectivity index is 1.73. The smallest absolute Gasteiger partial charge is 0.326 e. The van der Waals surface area contributed by atoms with Gasteiger partial charge in [0.05, 0.1) is 10.9 Å². The van der Waals surface area contributed by atoms with Crippen molar-refractivity contribution in [3.8, 4) is 0 Å². The molecule has 0 aliphatic carbocycles. The normalized spacial score (nSPS) is 12.5. The predicted octanol–water partition coefficient (Wildman–Crippen LogP) is 0.905. The molecule has 3 rings (SSSR count). The third-order valence-electron chi connectivity index (χ3n) is 4.96. The molecule has 12 heteroatoms. The van der Waals surface area contributed by atoms with Crippen molar-refractivity contribution in [2.45, 2.75) is 24.9 Å². The van der Waals surface area contributed by atoms with E-state index >= 15 is 0 Å². The lowest BCUT2D eigenvalue weighted by Crippen LogP contribution is -2.41. The molecule has 0 fully saturated rings. The number of amides is 1. The Bertz CT molecular complexity index is 1300. The van der Waals surface area contributed by atoms with E-state index < -0.39 is 41.9 Å². The van der Waals surface area contributed by atoms with Gasteiger partial charge in [-0.15, -0.1) is 0 Å². The minimum atomic E-state index is -1.35. The van der Waals surface area contributed by atoms with Crippen LogP contribution in [0.1, 0.15) is 34.8 Å². The number of anilines is 2. The largest absolute Gasteiger partial charge is 0.481 e. The van der Waals surface area contributed by atoms with Crippen LogP contribution in [0.2, 0.25) is 0 Å². The number of fused-ring (bicyclic) bond motifs is 1. The number of aromatic nitrogens is 2. The average Bonchev–Trinajstić information content (AvgIpc) is 2.80. The zero-order valence-corrected chi connectivity index (χ0v) is 17.6. The summed E-state index contributed by atoms with van der Waals surface area (Å²) in [5.74, 6) is -3.22. The molecule has 0 saturated heterocycles. The SMILES string of the molecule is Nc1nc2ccc(NC(C=O)c3ccc(C(=O)NC(CCC(=O)O)C(=O)O)cc3)cc2c(=O)[nH]1. The summed E-state index contributed by atoms with van der Waals surface area (Å²) in [7, 11) is 0. The summed E-state index contributed by atoms with van der Waals surface area (Å²) in [5, 5.41) is 23.5. The second kappa shape index (κ2) is 10.3. The average molecular weight is 467 g/mol. The number of nitrogen functional groups attached to an aromatic ring is 1. The van der Waals surface area contributed by atoms with E-state index in [9.17, 15) is 29.1 Å². The van der Waals surface area contributed by atoms with Crippen molar-refractivity contribution in [2.24, 2.45) is 0 Å². The lowest BCUT2D eigenvalue weighted by atomic mass is 10.0. The number of nitrogens with two attached hydrogens (primary N) is 1. The fraction of sp³-hybridized carbons (Fsp3) is 0.182. The van der Waals surface area contributed by atoms with Crippen molar-refractivity contribution in [2.75, 3.05) is 11.1 Å². The van der Waals surface area contributed by atoms with E-state index in [1.54, 1.807) is 12.1 Å². The molecule has 0 bridgehead atoms. The number of rotatable bonds is 10. The van der Waals surface area contributed by atoms with Crippen LogP contribution in [0.3, 0.4) is 0 Å². The molecule has 2 atom stereocenters. The number of hydrogen-bond acceptors (Lipinski definition) is 8. The van der Waals surface area contributed by atoms with Crippen LogP contribution in [0.25, 0.3) is 10.9 Å². The lowest BCUT2D eigenvalue weighted by Gasteiger charge is -2.16. The van der Waals surface area contributed by atoms with Gasteiger partial charge in [-0.3, -0.25) is 19.4 Å². The van der Waals surface area contributed by atoms with E-state index in [-0.39, 0.29) is 23.3 Å². The van der Waals surface area contributed by atoms with E-state index in [1.807, 2.05) is 0 Å². The summed E-state index contributed by atoms with van der Waals surface area (Å²) in [6.45, 7) is 0. The molecule has 0 saturated carbocycles. The second-order valence-corrected chi connectivity index (χ2v) is 7.36. The van der Waals surface area contributed by atoms with Crippen molar-refractivity contribution in [3.63, 3.8) is 0 Å². The molecule has 1 aromatic heterocycles. The highest BCUT2D eigenvalue weighted by atomic mass is 16.4. The maximum Gasteiger partial charge on any atom is 0.326 e. The van der Waals surface area contributed by atoms with Gasteiger partial charge >= 0.3 is 11.9 Å². The minimum Gasteiger partial charge on any atom is -0.481 e. The van der Waals surface area contributed by atoms with Crippen LogP contribution in [-0.2, 0) is 14.4 Å². The number of aldehydes is 1. The number of aromatic amines is 1. The number of aliphatic carboxylic acids is 2. The molecule has 3 aromatic rings. The first-order valence-electron chi connectivity index (χ1n) is 10.0. The molecule has 1 amide bonds. The summed E-state index contributed by atoms with van der Waals surface area (Å²) >= 11 is 0. The van der Waals surface area contributed by atoms with Crippen LogP contribution in [-0.4, -0.2) is 50.4 Å². The van der Waals surface area contributed by atoms with Crippen LogP contribution in [0.4, 0.5) is 11.6 Å². The number of carbonyl (C=O) groups excluding carboxylic acids is 2. The van der Waals surface area contributed by atoms with Crippen molar-refractivity contribution >= 4 is 46.7 Å². The number of carbonyl (C=O) groups is 4. The molecule has 7 N–H and O–H groups in total. The Kier molecular flexibility index (Phi) is 7.21. The fourth-order valence-electron chi connectivity index (χ4n) is 3.23. The topological polar surface area (TPSA) is 205 Å². The molecule has 0 spiro atoms. The van der Waals surface area contributed by atoms with Gasteiger partial charge in [0.1, 0.15) is 18.4 Å². The molecular formula is C22H21N5O7. The first kappa shape index (κ1) is 23.9. The van der Waals surface area contributed by atoms with Gasteiger partial charge in [0.15, 0.2) is 0 Å². The van der Waals surface area contributed by atoms with Crippen LogP contribution in [0, 0.1) is 0 Å². The molecule has 2 unspecified atom stereocenters. The molecule has 176 valence electrons. The Morgan fingerprint density at radius 2 is 1.82 bits per heavy atom. The first-order chi connectivity index (χ1) is 16.2. The predicted molar refractivity (Wildman–Crippen MR) is 121 cm³/mol. The Labute approximate surface area is 191 Å². The van der Waals surface area contributed by atoms with Gasteiger partial charge in [-0.25, -0.2) is 9.78 Å². The van der Waals surface area contributed by atoms with Crippen molar-refractivity contribution in [1.82, 2.24) is 15.3 Å². The van der Waals surface area contributed by atoms with E-state index in [1.165, 1.54) is 30.3 Å². The van der Waals surface area contributed by atoms with Crippen LogP contribution in [0.5, 0.6) is 0 Å². The van der Waals surface area contributed by atoms with Gasteiger partial charge in [-0.2, -0.15) is 0 Å². The number of nitrogens with one attached hydrogen (secondary N) is 3. The van der Waals surface area contributed by atoms with Crippen molar-refractivity contribution in [3.05, 3.63) is 63.9 Å². The highest BCUT2D eigenvalue weighted by Crippen LogP contribution is 2.21. The van der Waals surface area contributed by atoms with Gasteiger partial charge < -0.3 is 31.4 Å². The van der Waals surface area contributed by atoms with Crippen molar-refractivity contribution < 1.29 is 29.4 Å². The van der Waals surface area contributed by atoms with Gasteiger partial charge in [0, 0.05) is 17.7 Å². The number of H-pyrrole nitrogens is 1. The van der Waals surface area contributed by atoms with Gasteiger partial charge in [-0.1, -0.05) is 12.1 Å².